The zero-order valence-electron chi connectivity index (χ0n) is 16.9. The van der Waals surface area contributed by atoms with Gasteiger partial charge in [0.2, 0.25) is 0 Å². The number of benzene rings is 2. The van der Waals surface area contributed by atoms with Crippen molar-refractivity contribution in [3.8, 4) is 11.5 Å². The lowest BCUT2D eigenvalue weighted by Crippen LogP contribution is -2.38. The fourth-order valence-corrected chi connectivity index (χ4v) is 2.73. The predicted octanol–water partition coefficient (Wildman–Crippen LogP) is 3.29. The number of nitrogens with one attached hydrogen (secondary N) is 2. The first-order valence-corrected chi connectivity index (χ1v) is 9.24. The Morgan fingerprint density at radius 3 is 2.55 bits per heavy atom. The predicted molar refractivity (Wildman–Crippen MR) is 124 cm³/mol. The molecule has 3 N–H and O–H groups in total. The topological polar surface area (TPSA) is 75.1 Å². The van der Waals surface area contributed by atoms with Crippen LogP contribution in [0.3, 0.4) is 0 Å². The van der Waals surface area contributed by atoms with Crippen LogP contribution in [0.15, 0.2) is 47.5 Å². The zero-order valence-corrected chi connectivity index (χ0v) is 19.3. The van der Waals surface area contributed by atoms with E-state index in [-0.39, 0.29) is 36.3 Å². The molecule has 0 bridgehead atoms. The van der Waals surface area contributed by atoms with Gasteiger partial charge in [-0.2, -0.15) is 0 Å². The van der Waals surface area contributed by atoms with Crippen molar-refractivity contribution >= 4 is 29.9 Å². The second-order valence-corrected chi connectivity index (χ2v) is 6.11. The molecule has 0 aromatic heterocycles. The standard InChI is InChI=1S/C21H28FN3O3.HI/c1-4-23-21(24-12-11-15-7-5-6-8-18(15)22)25-14-19(26)17-13-16(27-2)9-10-20(17)28-3;/h5-10,13,19,26H,4,11-12,14H2,1-3H3,(H2,23,24,25);1H. The van der Waals surface area contributed by atoms with E-state index in [2.05, 4.69) is 15.6 Å². The van der Waals surface area contributed by atoms with E-state index in [1.54, 1.807) is 44.6 Å². The summed E-state index contributed by atoms with van der Waals surface area (Å²) >= 11 is 0. The van der Waals surface area contributed by atoms with Gasteiger partial charge in [-0.1, -0.05) is 18.2 Å². The van der Waals surface area contributed by atoms with Gasteiger partial charge in [0.25, 0.3) is 0 Å². The van der Waals surface area contributed by atoms with Gasteiger partial charge in [-0.25, -0.2) is 4.39 Å². The molecule has 0 amide bonds. The minimum atomic E-state index is -0.855. The van der Waals surface area contributed by atoms with Crippen molar-refractivity contribution in [3.05, 3.63) is 59.4 Å². The van der Waals surface area contributed by atoms with E-state index in [4.69, 9.17) is 9.47 Å². The molecule has 0 fully saturated rings. The Bertz CT molecular complexity index is 790. The summed E-state index contributed by atoms with van der Waals surface area (Å²) in [5.41, 5.74) is 1.25. The number of methoxy groups -OCH3 is 2. The third-order valence-electron chi connectivity index (χ3n) is 4.21. The molecule has 0 radical (unpaired) electrons. The minimum Gasteiger partial charge on any atom is -0.497 e. The highest BCUT2D eigenvalue weighted by Gasteiger charge is 2.14. The molecule has 0 aliphatic rings. The van der Waals surface area contributed by atoms with E-state index >= 15 is 0 Å². The first kappa shape index (κ1) is 25.0. The van der Waals surface area contributed by atoms with Gasteiger partial charge >= 0.3 is 0 Å². The van der Waals surface area contributed by atoms with Crippen LogP contribution >= 0.6 is 24.0 Å². The highest BCUT2D eigenvalue weighted by Crippen LogP contribution is 2.29. The smallest absolute Gasteiger partial charge is 0.191 e. The van der Waals surface area contributed by atoms with Crippen LogP contribution in [-0.4, -0.2) is 44.9 Å². The Hall–Kier alpha value is -2.07. The SMILES string of the molecule is CCNC(=NCC(O)c1cc(OC)ccc1OC)NCCc1ccccc1F.I. The molecular weight excluding hydrogens is 488 g/mol. The van der Waals surface area contributed by atoms with Crippen LogP contribution < -0.4 is 20.1 Å². The van der Waals surface area contributed by atoms with E-state index in [9.17, 15) is 9.50 Å². The molecule has 2 aromatic rings. The lowest BCUT2D eigenvalue weighted by molar-refractivity contribution is 0.182. The molecule has 0 saturated carbocycles. The molecule has 1 atom stereocenters. The Labute approximate surface area is 188 Å². The van der Waals surface area contributed by atoms with Crippen molar-refractivity contribution in [1.29, 1.82) is 0 Å². The molecule has 0 saturated heterocycles. The van der Waals surface area contributed by atoms with Gasteiger partial charge in [0, 0.05) is 18.7 Å². The van der Waals surface area contributed by atoms with Gasteiger partial charge < -0.3 is 25.2 Å². The van der Waals surface area contributed by atoms with E-state index in [1.165, 1.54) is 6.07 Å². The quantitative estimate of drug-likeness (QED) is 0.271. The molecule has 6 nitrogen and oxygen atoms in total. The van der Waals surface area contributed by atoms with Crippen LogP contribution in [0.1, 0.15) is 24.2 Å². The summed E-state index contributed by atoms with van der Waals surface area (Å²) in [4.78, 5) is 4.43. The maximum Gasteiger partial charge on any atom is 0.191 e. The molecule has 8 heteroatoms. The number of guanidine groups is 1. The average Bonchev–Trinajstić information content (AvgIpc) is 2.72. The number of hydrogen-bond acceptors (Lipinski definition) is 4. The van der Waals surface area contributed by atoms with Crippen molar-refractivity contribution in [2.24, 2.45) is 4.99 Å². The zero-order chi connectivity index (χ0) is 20.4. The third kappa shape index (κ3) is 7.69. The van der Waals surface area contributed by atoms with Crippen molar-refractivity contribution in [1.82, 2.24) is 10.6 Å². The fraction of sp³-hybridized carbons (Fsp3) is 0.381. The first-order chi connectivity index (χ1) is 13.6. The van der Waals surface area contributed by atoms with Gasteiger partial charge in [-0.05, 0) is 43.2 Å². The first-order valence-electron chi connectivity index (χ1n) is 9.24. The second kappa shape index (κ2) is 13.2. The Morgan fingerprint density at radius 1 is 1.14 bits per heavy atom. The lowest BCUT2D eigenvalue weighted by atomic mass is 10.1. The van der Waals surface area contributed by atoms with Gasteiger partial charge in [0.05, 0.1) is 20.8 Å². The molecule has 29 heavy (non-hydrogen) atoms. The van der Waals surface area contributed by atoms with Crippen LogP contribution in [0.25, 0.3) is 0 Å². The largest absolute Gasteiger partial charge is 0.497 e. The maximum absolute atomic E-state index is 13.7. The summed E-state index contributed by atoms with van der Waals surface area (Å²) in [6, 6.07) is 12.0. The highest BCUT2D eigenvalue weighted by atomic mass is 127. The lowest BCUT2D eigenvalue weighted by Gasteiger charge is -2.16. The summed E-state index contributed by atoms with van der Waals surface area (Å²) in [6.07, 6.45) is -0.323. The average molecular weight is 517 g/mol. The molecule has 2 rings (SSSR count). The number of rotatable bonds is 9. The van der Waals surface area contributed by atoms with Crippen LogP contribution in [0.4, 0.5) is 4.39 Å². The van der Waals surface area contributed by atoms with Gasteiger partial charge in [0.1, 0.15) is 23.4 Å². The van der Waals surface area contributed by atoms with Gasteiger partial charge in [-0.3, -0.25) is 4.99 Å². The van der Waals surface area contributed by atoms with Crippen LogP contribution in [0.5, 0.6) is 11.5 Å². The fourth-order valence-electron chi connectivity index (χ4n) is 2.73. The molecule has 1 unspecified atom stereocenters. The molecule has 2 aromatic carbocycles. The van der Waals surface area contributed by atoms with Crippen LogP contribution in [-0.2, 0) is 6.42 Å². The Kier molecular flexibility index (Phi) is 11.4. The molecular formula is C21H29FIN3O3. The Morgan fingerprint density at radius 2 is 1.90 bits per heavy atom. The van der Waals surface area contributed by atoms with Crippen molar-refractivity contribution in [2.75, 3.05) is 33.9 Å². The minimum absolute atomic E-state index is 0. The van der Waals surface area contributed by atoms with Crippen LogP contribution in [0.2, 0.25) is 0 Å². The second-order valence-electron chi connectivity index (χ2n) is 6.11. The summed E-state index contributed by atoms with van der Waals surface area (Å²) in [5, 5.41) is 16.8. The molecule has 0 aliphatic carbocycles. The molecule has 0 spiro atoms. The number of aliphatic imine (C=N–C) groups is 1. The van der Waals surface area contributed by atoms with Crippen molar-refractivity contribution < 1.29 is 19.0 Å². The Balaban J connectivity index is 0.00000420. The number of ether oxygens (including phenoxy) is 2. The summed E-state index contributed by atoms with van der Waals surface area (Å²) in [7, 11) is 3.12. The summed E-state index contributed by atoms with van der Waals surface area (Å²) in [5.74, 6) is 1.54. The molecule has 0 heterocycles. The normalized spacial score (nSPS) is 12.0. The van der Waals surface area contributed by atoms with Gasteiger partial charge in [-0.15, -0.1) is 24.0 Å². The van der Waals surface area contributed by atoms with Crippen LogP contribution in [0, 0.1) is 5.82 Å². The molecule has 0 aliphatic heterocycles. The monoisotopic (exact) mass is 517 g/mol. The number of aliphatic hydroxyl groups excluding tert-OH is 1. The molecule has 160 valence electrons. The van der Waals surface area contributed by atoms with E-state index < -0.39 is 6.10 Å². The number of nitrogens with zero attached hydrogens (tertiary/aromatic N) is 1. The van der Waals surface area contributed by atoms with E-state index in [1.807, 2.05) is 13.0 Å². The van der Waals surface area contributed by atoms with Crippen molar-refractivity contribution in [3.63, 3.8) is 0 Å². The number of hydrogen-bond donors (Lipinski definition) is 3. The van der Waals surface area contributed by atoms with Gasteiger partial charge in [0.15, 0.2) is 5.96 Å². The highest BCUT2D eigenvalue weighted by molar-refractivity contribution is 14.0. The maximum atomic E-state index is 13.7. The van der Waals surface area contributed by atoms with E-state index in [0.717, 1.165) is 0 Å². The third-order valence-corrected chi connectivity index (χ3v) is 4.21. The van der Waals surface area contributed by atoms with Crippen molar-refractivity contribution in [2.45, 2.75) is 19.4 Å². The summed E-state index contributed by atoms with van der Waals surface area (Å²) < 4.78 is 24.2. The number of aliphatic hydroxyl groups is 1. The number of halogens is 2. The summed E-state index contributed by atoms with van der Waals surface area (Å²) in [6.45, 7) is 3.28. The van der Waals surface area contributed by atoms with E-state index in [0.29, 0.717) is 48.1 Å².